The van der Waals surface area contributed by atoms with Gasteiger partial charge in [-0.2, -0.15) is 20.4 Å². The number of benzene rings is 2. The summed E-state index contributed by atoms with van der Waals surface area (Å²) in [6.07, 6.45) is 11.4. The molecule has 8 heterocycles. The van der Waals surface area contributed by atoms with Gasteiger partial charge in [0.25, 0.3) is 5.56 Å². The van der Waals surface area contributed by atoms with Crippen molar-refractivity contribution in [1.82, 2.24) is 58.6 Å². The van der Waals surface area contributed by atoms with Crippen LogP contribution in [0.2, 0.25) is 0 Å². The zero-order valence-corrected chi connectivity index (χ0v) is 82.7. The van der Waals surface area contributed by atoms with Crippen molar-refractivity contribution in [3.05, 3.63) is 193 Å². The zero-order valence-electron chi connectivity index (χ0n) is 70.3. The van der Waals surface area contributed by atoms with Crippen LogP contribution in [0.25, 0.3) is 39.1 Å². The van der Waals surface area contributed by atoms with Crippen molar-refractivity contribution in [1.29, 1.82) is 0 Å². The Morgan fingerprint density at radius 3 is 1.11 bits per heavy atom. The number of rotatable bonds is 16. The number of hydrogen-bond acceptors (Lipinski definition) is 16. The van der Waals surface area contributed by atoms with E-state index in [1.807, 2.05) is 118 Å². The third-order valence-electron chi connectivity index (χ3n) is 15.6. The molecule has 0 spiro atoms. The number of aromatic amines is 1. The number of methoxy groups -OCH3 is 2. The molecule has 5 unspecified atom stereocenters. The van der Waals surface area contributed by atoms with Gasteiger partial charge in [0.05, 0.1) is 47.7 Å². The topological polar surface area (TPSA) is 259 Å². The maximum atomic E-state index is 12.4. The first kappa shape index (κ1) is 123. The number of aromatic nitrogens is 12. The number of pyridine rings is 4. The number of ether oxygens (including phenoxy) is 4. The lowest BCUT2D eigenvalue weighted by molar-refractivity contribution is -0.275. The van der Waals surface area contributed by atoms with Gasteiger partial charge in [-0.1, -0.05) is 224 Å². The molecule has 0 saturated heterocycles. The van der Waals surface area contributed by atoms with Gasteiger partial charge in [-0.15, -0.1) is 26.3 Å². The van der Waals surface area contributed by atoms with E-state index in [2.05, 4.69) is 243 Å². The van der Waals surface area contributed by atoms with Crippen LogP contribution in [0.3, 0.4) is 0 Å². The Morgan fingerprint density at radius 1 is 0.483 bits per heavy atom. The van der Waals surface area contributed by atoms with Crippen LogP contribution < -0.4 is 40.2 Å². The molecule has 2 aromatic carbocycles. The number of nitrogens with one attached hydrogen (secondary N) is 1. The molecule has 8 aromatic heterocycles. The first-order valence-corrected chi connectivity index (χ1v) is 43.6. The minimum Gasteiger partial charge on any atom is -0.536 e. The zero-order chi connectivity index (χ0) is 89.1. The highest BCUT2D eigenvalue weighted by Crippen LogP contribution is 2.30. The normalized spacial score (nSPS) is 11.3. The minimum absolute atomic E-state index is 0. The van der Waals surface area contributed by atoms with E-state index in [-0.39, 0.29) is 52.0 Å². The van der Waals surface area contributed by atoms with Crippen molar-refractivity contribution in [3.8, 4) is 68.1 Å². The number of halogens is 12. The second-order valence-electron chi connectivity index (χ2n) is 25.8. The van der Waals surface area contributed by atoms with Gasteiger partial charge >= 0.3 is 27.5 Å². The van der Waals surface area contributed by atoms with Gasteiger partial charge in [0, 0.05) is 155 Å². The third-order valence-corrected chi connectivity index (χ3v) is 20.7. The Kier molecular flexibility index (Phi) is 65.5. The molecule has 22 nitrogen and oxygen atoms in total. The molecule has 5 atom stereocenters. The number of H-pyrrole nitrogens is 1. The van der Waals surface area contributed by atoms with Crippen molar-refractivity contribution >= 4 is 149 Å². The summed E-state index contributed by atoms with van der Waals surface area (Å²) in [5.41, 5.74) is 13.8. The summed E-state index contributed by atoms with van der Waals surface area (Å²) < 4.78 is 108. The standard InChI is InChI=1S/C18H16F3N3O2.C12H15N3O.C11H13N3O.C7H6BF3O3.C7H9BNO3.C5H7BrN2.5C4H9I.4CH4/c1-11-8-17(25)24(10-15(11)16-9-23(3)22-12(16)2)13-4-6-14(7-5-13)26-18(19,20)21;1-8-5-12(16-4)13-6-10(8)11-7-15(3)14-9(11)2;1-7-4-11(15)12-5-9(7)10-6-14(3)13-8(10)2;9-7(10,11)14-6-3-1-5(2-4-6)8(12)13;1-5-3-7(11-2)9-4-6(5)12-8-10;1-4-5(6)3-8(2)7-4;5*1-3-4(2)5;;;;/h4-10H,1-3H3;5-7H,1-4H3;4-6H,1-3H3,(H,12,15);1-4,12-13H;3-4,10H,1-2H3;3H,1-2H3;5*4H,3H2,1-2H3;4*1H4. The average Bonchev–Trinajstić information content (AvgIpc) is 1.40. The molecule has 0 saturated carbocycles. The Bertz CT molecular complexity index is 4480. The molecule has 0 bridgehead atoms. The van der Waals surface area contributed by atoms with Crippen LogP contribution in [0.5, 0.6) is 29.0 Å². The smallest absolute Gasteiger partial charge is 0.536 e. The van der Waals surface area contributed by atoms with Crippen LogP contribution in [0, 0.1) is 55.4 Å². The van der Waals surface area contributed by atoms with Gasteiger partial charge in [0.2, 0.25) is 17.3 Å². The first-order valence-electron chi connectivity index (χ1n) is 36.6. The minimum atomic E-state index is -4.76. The van der Waals surface area contributed by atoms with Crippen LogP contribution in [-0.4, -0.2) is 135 Å². The summed E-state index contributed by atoms with van der Waals surface area (Å²) in [6.45, 7) is 37.4. The highest BCUT2D eigenvalue weighted by atomic mass is 127. The lowest BCUT2D eigenvalue weighted by atomic mass is 9.80. The Morgan fingerprint density at radius 2 is 0.817 bits per heavy atom. The monoisotopic (exact) mass is 2310 g/mol. The van der Waals surface area contributed by atoms with Gasteiger partial charge < -0.3 is 43.7 Å². The van der Waals surface area contributed by atoms with Crippen molar-refractivity contribution in [2.24, 2.45) is 28.2 Å². The lowest BCUT2D eigenvalue weighted by Gasteiger charge is -2.12. The van der Waals surface area contributed by atoms with Crippen LogP contribution in [0.15, 0.2) is 136 Å². The molecule has 1 radical (unpaired) electrons. The number of alkyl halides is 11. The second kappa shape index (κ2) is 64.0. The molecule has 36 heteroatoms. The highest BCUT2D eigenvalue weighted by Gasteiger charge is 2.32. The van der Waals surface area contributed by atoms with E-state index < -0.39 is 25.6 Å². The van der Waals surface area contributed by atoms with Gasteiger partial charge in [-0.3, -0.25) is 32.9 Å². The van der Waals surface area contributed by atoms with E-state index in [1.54, 1.807) is 59.8 Å². The second-order valence-corrected chi connectivity index (χ2v) is 37.3. The van der Waals surface area contributed by atoms with E-state index in [0.717, 1.165) is 127 Å². The van der Waals surface area contributed by atoms with Crippen LogP contribution in [0.4, 0.5) is 26.3 Å². The van der Waals surface area contributed by atoms with Crippen LogP contribution >= 0.6 is 129 Å². The molecule has 0 aliphatic rings. The van der Waals surface area contributed by atoms with Crippen LogP contribution in [-0.2, 0) is 28.2 Å². The van der Waals surface area contributed by atoms with Gasteiger partial charge in [0.15, 0.2) is 0 Å². The molecule has 10 aromatic rings. The fraction of sp³-hybridized carbons (Fsp3) is 0.476. The molecule has 0 aliphatic heterocycles. The Balaban J connectivity index is -0.000000423. The SMILES string of the molecule is C.C.C.C.CCC(C)I.CCC(C)I.CCC(C)I.CCC(C)I.CCC(C)I.COc1cc(C)c(-c2cn(C)nc2C)cn1.COc1cc(C)c(O[B]O)cn1.Cc1cc(=O)[nH]cc1-c1cn(C)nc1C.Cc1cc(=O)n(-c2ccc(OC(F)(F)F)cc2)cc1-c1cn(C)nc1C.Cc1nn(C)cc1Br.OB(O)c1ccc(OC(F)(F)F)cc1. The molecule has 0 amide bonds. The fourth-order valence-corrected chi connectivity index (χ4v) is 8.90. The summed E-state index contributed by atoms with van der Waals surface area (Å²) in [7, 11) is 9.60. The quantitative estimate of drug-likeness (QED) is 0.0303. The molecule has 0 aliphatic carbocycles. The van der Waals surface area contributed by atoms with Crippen LogP contribution in [0.1, 0.15) is 176 Å². The van der Waals surface area contributed by atoms with E-state index in [1.165, 1.54) is 73.2 Å². The van der Waals surface area contributed by atoms with Gasteiger partial charge in [-0.05, 0) is 168 Å². The maximum Gasteiger partial charge on any atom is 0.573 e. The number of hydrogen-bond donors (Lipinski definition) is 4. The molecular formula is C84H127B2BrF6I5N12O10. The summed E-state index contributed by atoms with van der Waals surface area (Å²) in [6, 6.07) is 16.1. The predicted octanol–water partition coefficient (Wildman–Crippen LogP) is 23.0. The predicted molar refractivity (Wildman–Crippen MR) is 530 cm³/mol. The van der Waals surface area contributed by atoms with Crippen molar-refractivity contribution in [2.75, 3.05) is 14.2 Å². The van der Waals surface area contributed by atoms with E-state index in [4.69, 9.17) is 29.2 Å². The lowest BCUT2D eigenvalue weighted by Crippen LogP contribution is -2.29. The largest absolute Gasteiger partial charge is 0.573 e. The summed E-state index contributed by atoms with van der Waals surface area (Å²) >= 11 is 15.4. The highest BCUT2D eigenvalue weighted by molar-refractivity contribution is 14.1. The third kappa shape index (κ3) is 51.5. The number of aryl methyl sites for hydroxylation is 12. The summed E-state index contributed by atoms with van der Waals surface area (Å²) in [4.78, 5) is 34.3. The summed E-state index contributed by atoms with van der Waals surface area (Å²) in [5.74, 6) is 0.936. The van der Waals surface area contributed by atoms with Gasteiger partial charge in [-0.25, -0.2) is 9.97 Å². The number of nitrogens with zero attached hydrogens (tertiary/aromatic N) is 11. The fourth-order valence-electron chi connectivity index (χ4n) is 8.52. The Hall–Kier alpha value is -5.80. The first-order chi connectivity index (χ1) is 54.0. The van der Waals surface area contributed by atoms with Gasteiger partial charge in [0.1, 0.15) is 17.2 Å². The molecule has 673 valence electrons. The Labute approximate surface area is 787 Å². The molecule has 120 heavy (non-hydrogen) atoms. The summed E-state index contributed by atoms with van der Waals surface area (Å²) in [5, 5.41) is 42.6. The molecule has 0 fully saturated rings. The van der Waals surface area contributed by atoms with E-state index >= 15 is 0 Å². The van der Waals surface area contributed by atoms with Crippen molar-refractivity contribution in [2.45, 2.75) is 219 Å². The van der Waals surface area contributed by atoms with E-state index in [0.29, 0.717) is 30.9 Å². The van der Waals surface area contributed by atoms with E-state index in [9.17, 15) is 35.9 Å². The van der Waals surface area contributed by atoms with Crippen molar-refractivity contribution < 1.29 is 65.0 Å². The molecule has 10 rings (SSSR count). The molecule has 4 N–H and O–H groups in total. The van der Waals surface area contributed by atoms with Crippen molar-refractivity contribution in [3.63, 3.8) is 0 Å². The molecular weight excluding hydrogens is 2190 g/mol. The average molecular weight is 2320 g/mol. The maximum absolute atomic E-state index is 12.4.